The SMILES string of the molecule is COC(=O)c1cccc(N(CCC(=O)N2CCCCC2)S(C)(=O)=O)c1. The molecule has 0 saturated carbocycles. The fraction of sp³-hybridized carbons (Fsp3) is 0.529. The van der Waals surface area contributed by atoms with Gasteiger partial charge in [0.25, 0.3) is 0 Å². The summed E-state index contributed by atoms with van der Waals surface area (Å²) in [6.07, 6.45) is 4.30. The number of esters is 1. The summed E-state index contributed by atoms with van der Waals surface area (Å²) in [6, 6.07) is 6.19. The molecule has 0 bridgehead atoms. The highest BCUT2D eigenvalue weighted by atomic mass is 32.2. The molecule has 1 fully saturated rings. The molecule has 1 aliphatic heterocycles. The Morgan fingerprint density at radius 2 is 1.88 bits per heavy atom. The van der Waals surface area contributed by atoms with Gasteiger partial charge in [-0.1, -0.05) is 6.07 Å². The van der Waals surface area contributed by atoms with Gasteiger partial charge in [-0.15, -0.1) is 0 Å². The Balaban J connectivity index is 2.14. The van der Waals surface area contributed by atoms with Crippen LogP contribution in [0.15, 0.2) is 24.3 Å². The predicted octanol–water partition coefficient (Wildman–Crippen LogP) is 1.64. The second kappa shape index (κ2) is 8.33. The average Bonchev–Trinajstić information content (AvgIpc) is 2.61. The number of carbonyl (C=O) groups excluding carboxylic acids is 2. The van der Waals surface area contributed by atoms with Crippen molar-refractivity contribution in [3.05, 3.63) is 29.8 Å². The lowest BCUT2D eigenvalue weighted by Gasteiger charge is -2.28. The van der Waals surface area contributed by atoms with Gasteiger partial charge in [-0.05, 0) is 37.5 Å². The van der Waals surface area contributed by atoms with Gasteiger partial charge in [0.05, 0.1) is 24.6 Å². The van der Waals surface area contributed by atoms with Crippen molar-refractivity contribution < 1.29 is 22.7 Å². The number of benzene rings is 1. The summed E-state index contributed by atoms with van der Waals surface area (Å²) in [7, 11) is -2.32. The van der Waals surface area contributed by atoms with Gasteiger partial charge in [-0.2, -0.15) is 0 Å². The highest BCUT2D eigenvalue weighted by Gasteiger charge is 2.22. The van der Waals surface area contributed by atoms with E-state index in [0.29, 0.717) is 5.69 Å². The standard InChI is InChI=1S/C17H24N2O5S/c1-24-17(21)14-7-6-8-15(13-14)19(25(2,22)23)12-9-16(20)18-10-4-3-5-11-18/h6-8,13H,3-5,9-12H2,1-2H3. The van der Waals surface area contributed by atoms with Crippen LogP contribution in [0, 0.1) is 0 Å². The lowest BCUT2D eigenvalue weighted by molar-refractivity contribution is -0.131. The molecule has 25 heavy (non-hydrogen) atoms. The second-order valence-electron chi connectivity index (χ2n) is 6.07. The van der Waals surface area contributed by atoms with Crippen molar-refractivity contribution in [2.45, 2.75) is 25.7 Å². The van der Waals surface area contributed by atoms with E-state index in [9.17, 15) is 18.0 Å². The molecule has 1 aliphatic rings. The maximum Gasteiger partial charge on any atom is 0.337 e. The van der Waals surface area contributed by atoms with Gasteiger partial charge in [-0.3, -0.25) is 9.10 Å². The van der Waals surface area contributed by atoms with Crippen LogP contribution in [0.2, 0.25) is 0 Å². The molecule has 2 rings (SSSR count). The molecular weight excluding hydrogens is 344 g/mol. The molecule has 1 amide bonds. The summed E-state index contributed by atoms with van der Waals surface area (Å²) < 4.78 is 30.1. The van der Waals surface area contributed by atoms with Crippen molar-refractivity contribution in [2.75, 3.05) is 37.3 Å². The van der Waals surface area contributed by atoms with E-state index >= 15 is 0 Å². The Morgan fingerprint density at radius 3 is 2.48 bits per heavy atom. The number of ether oxygens (including phenoxy) is 1. The number of piperidine rings is 1. The summed E-state index contributed by atoms with van der Waals surface area (Å²) >= 11 is 0. The summed E-state index contributed by atoms with van der Waals surface area (Å²) in [5.41, 5.74) is 0.604. The number of amides is 1. The van der Waals surface area contributed by atoms with Crippen LogP contribution in [-0.4, -0.2) is 58.2 Å². The van der Waals surface area contributed by atoms with Crippen LogP contribution in [-0.2, 0) is 19.6 Å². The van der Waals surface area contributed by atoms with Crippen LogP contribution in [0.5, 0.6) is 0 Å². The molecular formula is C17H24N2O5S. The molecule has 0 aliphatic carbocycles. The minimum absolute atomic E-state index is 0.0405. The Kier molecular flexibility index (Phi) is 6.41. The third-order valence-corrected chi connectivity index (χ3v) is 5.39. The van der Waals surface area contributed by atoms with Gasteiger partial charge in [0, 0.05) is 26.1 Å². The third-order valence-electron chi connectivity index (χ3n) is 4.19. The van der Waals surface area contributed by atoms with Crippen molar-refractivity contribution in [2.24, 2.45) is 0 Å². The van der Waals surface area contributed by atoms with Gasteiger partial charge >= 0.3 is 5.97 Å². The molecule has 1 saturated heterocycles. The monoisotopic (exact) mass is 368 g/mol. The number of methoxy groups -OCH3 is 1. The van der Waals surface area contributed by atoms with E-state index in [4.69, 9.17) is 0 Å². The molecule has 0 atom stereocenters. The predicted molar refractivity (Wildman–Crippen MR) is 95.0 cm³/mol. The van der Waals surface area contributed by atoms with E-state index in [1.807, 2.05) is 0 Å². The van der Waals surface area contributed by atoms with Crippen LogP contribution in [0.4, 0.5) is 5.69 Å². The van der Waals surface area contributed by atoms with E-state index in [0.717, 1.165) is 42.9 Å². The third kappa shape index (κ3) is 5.19. The molecule has 1 heterocycles. The van der Waals surface area contributed by atoms with Gasteiger partial charge in [0.1, 0.15) is 0 Å². The highest BCUT2D eigenvalue weighted by Crippen LogP contribution is 2.20. The van der Waals surface area contributed by atoms with Gasteiger partial charge in [0.15, 0.2) is 0 Å². The number of hydrogen-bond donors (Lipinski definition) is 0. The molecule has 0 aromatic heterocycles. The highest BCUT2D eigenvalue weighted by molar-refractivity contribution is 7.92. The molecule has 138 valence electrons. The second-order valence-corrected chi connectivity index (χ2v) is 7.98. The largest absolute Gasteiger partial charge is 0.465 e. The fourth-order valence-corrected chi connectivity index (χ4v) is 3.81. The normalized spacial score (nSPS) is 14.9. The van der Waals surface area contributed by atoms with Crippen molar-refractivity contribution in [1.82, 2.24) is 4.90 Å². The molecule has 0 spiro atoms. The first-order chi connectivity index (χ1) is 11.8. The van der Waals surface area contributed by atoms with E-state index in [2.05, 4.69) is 4.74 Å². The minimum Gasteiger partial charge on any atom is -0.465 e. The van der Waals surface area contributed by atoms with E-state index in [1.165, 1.54) is 13.2 Å². The number of likely N-dealkylation sites (tertiary alicyclic amines) is 1. The van der Waals surface area contributed by atoms with Crippen LogP contribution in [0.3, 0.4) is 0 Å². The summed E-state index contributed by atoms with van der Waals surface area (Å²) in [6.45, 7) is 1.50. The number of hydrogen-bond acceptors (Lipinski definition) is 5. The number of nitrogens with zero attached hydrogens (tertiary/aromatic N) is 2. The lowest BCUT2D eigenvalue weighted by Crippen LogP contribution is -2.39. The summed E-state index contributed by atoms with van der Waals surface area (Å²) in [5, 5.41) is 0. The van der Waals surface area contributed by atoms with Gasteiger partial charge in [0.2, 0.25) is 15.9 Å². The van der Waals surface area contributed by atoms with Crippen LogP contribution in [0.25, 0.3) is 0 Å². The number of anilines is 1. The Morgan fingerprint density at radius 1 is 1.20 bits per heavy atom. The zero-order chi connectivity index (χ0) is 18.4. The van der Waals surface area contributed by atoms with Crippen LogP contribution < -0.4 is 4.31 Å². The van der Waals surface area contributed by atoms with E-state index in [-0.39, 0.29) is 24.4 Å². The molecule has 8 heteroatoms. The number of carbonyl (C=O) groups is 2. The first-order valence-corrected chi connectivity index (χ1v) is 10.1. The van der Waals surface area contributed by atoms with E-state index < -0.39 is 16.0 Å². The maximum atomic E-state index is 12.3. The fourth-order valence-electron chi connectivity index (χ4n) is 2.89. The Labute approximate surface area is 148 Å². The van der Waals surface area contributed by atoms with E-state index in [1.54, 1.807) is 23.1 Å². The molecule has 1 aromatic carbocycles. The van der Waals surface area contributed by atoms with Crippen molar-refractivity contribution in [3.63, 3.8) is 0 Å². The summed E-state index contributed by atoms with van der Waals surface area (Å²) in [4.78, 5) is 25.8. The molecule has 0 unspecified atom stereocenters. The molecule has 7 nitrogen and oxygen atoms in total. The maximum absolute atomic E-state index is 12.3. The lowest BCUT2D eigenvalue weighted by atomic mass is 10.1. The topological polar surface area (TPSA) is 84.0 Å². The zero-order valence-corrected chi connectivity index (χ0v) is 15.4. The van der Waals surface area contributed by atoms with Crippen LogP contribution >= 0.6 is 0 Å². The van der Waals surface area contributed by atoms with Gasteiger partial charge < -0.3 is 9.64 Å². The molecule has 0 radical (unpaired) electrons. The zero-order valence-electron chi connectivity index (χ0n) is 14.6. The van der Waals surface area contributed by atoms with Crippen molar-refractivity contribution in [3.8, 4) is 0 Å². The summed E-state index contributed by atoms with van der Waals surface area (Å²) in [5.74, 6) is -0.586. The Hall–Kier alpha value is -2.09. The molecule has 1 aromatic rings. The van der Waals surface area contributed by atoms with Crippen molar-refractivity contribution >= 4 is 27.6 Å². The van der Waals surface area contributed by atoms with Crippen molar-refractivity contribution in [1.29, 1.82) is 0 Å². The minimum atomic E-state index is -3.58. The smallest absolute Gasteiger partial charge is 0.337 e. The Bertz CT molecular complexity index is 726. The van der Waals surface area contributed by atoms with Crippen LogP contribution in [0.1, 0.15) is 36.0 Å². The average molecular weight is 368 g/mol. The number of sulfonamides is 1. The molecule has 0 N–H and O–H groups in total. The first-order valence-electron chi connectivity index (χ1n) is 8.27. The quantitative estimate of drug-likeness (QED) is 0.713. The first kappa shape index (κ1) is 19.2. The van der Waals surface area contributed by atoms with Gasteiger partial charge in [-0.25, -0.2) is 13.2 Å². The number of rotatable bonds is 6.